The lowest BCUT2D eigenvalue weighted by molar-refractivity contribution is -0.151. The second-order valence-corrected chi connectivity index (χ2v) is 9.98. The van der Waals surface area contributed by atoms with Gasteiger partial charge in [0.2, 0.25) is 5.91 Å². The van der Waals surface area contributed by atoms with Crippen molar-refractivity contribution in [3.63, 3.8) is 0 Å². The molecule has 0 aliphatic carbocycles. The van der Waals surface area contributed by atoms with Crippen molar-refractivity contribution in [3.8, 4) is 0 Å². The van der Waals surface area contributed by atoms with Crippen molar-refractivity contribution in [1.29, 1.82) is 0 Å². The molecule has 1 aliphatic heterocycles. The highest BCUT2D eigenvalue weighted by atomic mass is 32.2. The summed E-state index contributed by atoms with van der Waals surface area (Å²) in [6.45, 7) is 6.94. The summed E-state index contributed by atoms with van der Waals surface area (Å²) in [5.74, 6) is -3.83. The van der Waals surface area contributed by atoms with Gasteiger partial charge in [0, 0.05) is 12.8 Å². The lowest BCUT2D eigenvalue weighted by Gasteiger charge is -2.18. The van der Waals surface area contributed by atoms with Crippen molar-refractivity contribution >= 4 is 51.1 Å². The van der Waals surface area contributed by atoms with Gasteiger partial charge in [0.25, 0.3) is 0 Å². The normalized spacial score (nSPS) is 18.4. The summed E-state index contributed by atoms with van der Waals surface area (Å²) < 4.78 is 34.3. The first kappa shape index (κ1) is 27.3. The zero-order chi connectivity index (χ0) is 25.5. The maximum Gasteiger partial charge on any atom is 0.338 e. The van der Waals surface area contributed by atoms with Gasteiger partial charge < -0.3 is 20.1 Å². The van der Waals surface area contributed by atoms with Gasteiger partial charge in [-0.05, 0) is 30.5 Å². The first-order valence-corrected chi connectivity index (χ1v) is 12.5. The smallest absolute Gasteiger partial charge is 0.338 e. The summed E-state index contributed by atoms with van der Waals surface area (Å²) in [6, 6.07) is 2.85. The molecule has 12 heteroatoms. The average molecular weight is 511 g/mol. The third kappa shape index (κ3) is 7.02. The monoisotopic (exact) mass is 510 g/mol. The van der Waals surface area contributed by atoms with E-state index in [4.69, 9.17) is 9.47 Å². The number of rotatable bonds is 11. The van der Waals surface area contributed by atoms with Gasteiger partial charge in [-0.3, -0.25) is 14.4 Å². The minimum atomic E-state index is -3.75. The van der Waals surface area contributed by atoms with Crippen LogP contribution in [0.2, 0.25) is 0 Å². The van der Waals surface area contributed by atoms with Crippen molar-refractivity contribution in [3.05, 3.63) is 49.1 Å². The van der Waals surface area contributed by atoms with E-state index in [9.17, 15) is 27.6 Å². The Morgan fingerprint density at radius 2 is 1.85 bits per heavy atom. The molecule has 0 spiro atoms. The average Bonchev–Trinajstić information content (AvgIpc) is 3.24. The highest BCUT2D eigenvalue weighted by molar-refractivity contribution is 7.96. The number of amides is 1. The van der Waals surface area contributed by atoms with Gasteiger partial charge in [-0.1, -0.05) is 25.3 Å². The van der Waals surface area contributed by atoms with E-state index in [1.54, 1.807) is 0 Å². The molecule has 184 valence electrons. The number of hydrogen-bond donors (Lipinski definition) is 3. The number of thiol groups is 1. The number of esters is 2. The third-order valence-electron chi connectivity index (χ3n) is 5.02. The molecule has 3 atom stereocenters. The number of sulfone groups is 1. The van der Waals surface area contributed by atoms with Crippen LogP contribution in [0.1, 0.15) is 16.8 Å². The van der Waals surface area contributed by atoms with Crippen LogP contribution < -0.4 is 10.6 Å². The summed E-state index contributed by atoms with van der Waals surface area (Å²) in [6.07, 6.45) is 3.81. The maximum absolute atomic E-state index is 12.9. The van der Waals surface area contributed by atoms with Gasteiger partial charge >= 0.3 is 11.9 Å². The van der Waals surface area contributed by atoms with Gasteiger partial charge in [0.1, 0.15) is 19.1 Å². The van der Waals surface area contributed by atoms with Crippen LogP contribution >= 0.6 is 12.6 Å². The van der Waals surface area contributed by atoms with Crippen LogP contribution in [-0.4, -0.2) is 63.4 Å². The number of carbonyl (C=O) groups is 4. The Labute approximate surface area is 203 Å². The lowest BCUT2D eigenvalue weighted by Crippen LogP contribution is -2.35. The van der Waals surface area contributed by atoms with Crippen LogP contribution in [0.15, 0.2) is 48.4 Å². The van der Waals surface area contributed by atoms with Crippen LogP contribution in [0.25, 0.3) is 0 Å². The number of hydrogen-bond acceptors (Lipinski definition) is 9. The number of ether oxygens (including phenoxy) is 2. The third-order valence-corrected chi connectivity index (χ3v) is 6.45. The highest BCUT2D eigenvalue weighted by Crippen LogP contribution is 2.28. The van der Waals surface area contributed by atoms with Gasteiger partial charge in [0.15, 0.2) is 15.0 Å². The molecule has 10 nitrogen and oxygen atoms in total. The van der Waals surface area contributed by atoms with Gasteiger partial charge in [-0.2, -0.15) is 0 Å². The Kier molecular flexibility index (Phi) is 9.59. The Balaban J connectivity index is 2.22. The van der Waals surface area contributed by atoms with Crippen LogP contribution in [0.3, 0.4) is 0 Å². The van der Waals surface area contributed by atoms with Gasteiger partial charge in [-0.25, -0.2) is 13.2 Å². The maximum atomic E-state index is 12.9. The fraction of sp³-hybridized carbons (Fsp3) is 0.364. The standard InChI is InChI=1S/C22H26N2O8S2/c1-4-8-31-20(26)13-6-7-17(34(3,29)30)15(10-13)24-19(25)16-11-14(12-23-16)18(22(28)33)21(27)32-9-5-2/h4-7,10,14,16,18,23H,1-2,8-9,11-12H2,3H3,(H,24,25)(H,28,33)/t14-,16+,18?/m1/s1. The number of benzene rings is 1. The molecule has 34 heavy (non-hydrogen) atoms. The van der Waals surface area contributed by atoms with E-state index in [-0.39, 0.29) is 42.3 Å². The lowest BCUT2D eigenvalue weighted by atomic mass is 9.90. The molecular formula is C22H26N2O8S2. The minimum absolute atomic E-state index is 0.0347. The van der Waals surface area contributed by atoms with Gasteiger partial charge in [-0.15, -0.1) is 12.6 Å². The van der Waals surface area contributed by atoms with E-state index in [1.807, 2.05) is 0 Å². The van der Waals surface area contributed by atoms with Crippen LogP contribution in [0.4, 0.5) is 5.69 Å². The van der Waals surface area contributed by atoms with E-state index < -0.39 is 50.7 Å². The molecule has 1 aromatic rings. The van der Waals surface area contributed by atoms with Crippen molar-refractivity contribution in [2.75, 3.05) is 31.3 Å². The first-order chi connectivity index (χ1) is 16.0. The fourth-order valence-electron chi connectivity index (χ4n) is 3.46. The van der Waals surface area contributed by atoms with Crippen molar-refractivity contribution < 1.29 is 37.1 Å². The molecule has 1 heterocycles. The zero-order valence-electron chi connectivity index (χ0n) is 18.5. The molecule has 0 saturated carbocycles. The number of nitrogens with one attached hydrogen (secondary N) is 2. The number of carbonyl (C=O) groups excluding carboxylic acids is 4. The molecule has 1 fully saturated rings. The van der Waals surface area contributed by atoms with Crippen LogP contribution in [0, 0.1) is 11.8 Å². The molecule has 0 bridgehead atoms. The zero-order valence-corrected chi connectivity index (χ0v) is 20.2. The summed E-state index contributed by atoms with van der Waals surface area (Å²) in [5, 5.41) is 4.75. The SMILES string of the molecule is C=CCOC(=O)c1ccc(S(C)(=O)=O)c(NC(=O)[C@@H]2C[C@@H](C(C(=O)S)C(=O)OCC=C)CN2)c1. The Bertz CT molecular complexity index is 1100. The molecule has 0 aromatic heterocycles. The molecule has 2 rings (SSSR count). The molecule has 0 radical (unpaired) electrons. The van der Waals surface area contributed by atoms with Gasteiger partial charge in [0.05, 0.1) is 22.2 Å². The Morgan fingerprint density at radius 1 is 1.21 bits per heavy atom. The van der Waals surface area contributed by atoms with Crippen molar-refractivity contribution in [1.82, 2.24) is 5.32 Å². The largest absolute Gasteiger partial charge is 0.461 e. The summed E-state index contributed by atoms with van der Waals surface area (Å²) in [7, 11) is -3.75. The molecule has 1 unspecified atom stereocenters. The van der Waals surface area contributed by atoms with E-state index in [0.29, 0.717) is 0 Å². The summed E-state index contributed by atoms with van der Waals surface area (Å²) in [5.41, 5.74) is -0.0643. The predicted octanol–water partition coefficient (Wildman–Crippen LogP) is 1.15. The first-order valence-electron chi connectivity index (χ1n) is 10.2. The van der Waals surface area contributed by atoms with Crippen LogP contribution in [0.5, 0.6) is 0 Å². The fourth-order valence-corrected chi connectivity index (χ4v) is 4.60. The van der Waals surface area contributed by atoms with E-state index in [0.717, 1.165) is 6.26 Å². The second kappa shape index (κ2) is 12.0. The molecule has 1 saturated heterocycles. The second-order valence-electron chi connectivity index (χ2n) is 7.55. The highest BCUT2D eigenvalue weighted by Gasteiger charge is 2.41. The van der Waals surface area contributed by atoms with E-state index in [2.05, 4.69) is 36.4 Å². The molecule has 2 N–H and O–H groups in total. The Hall–Kier alpha value is -2.96. The van der Waals surface area contributed by atoms with E-state index in [1.165, 1.54) is 30.4 Å². The Morgan fingerprint density at radius 3 is 2.44 bits per heavy atom. The number of anilines is 1. The van der Waals surface area contributed by atoms with Crippen LogP contribution in [-0.2, 0) is 33.7 Å². The predicted molar refractivity (Wildman–Crippen MR) is 127 cm³/mol. The van der Waals surface area contributed by atoms with E-state index >= 15 is 0 Å². The quantitative estimate of drug-likeness (QED) is 0.173. The molecular weight excluding hydrogens is 484 g/mol. The summed E-state index contributed by atoms with van der Waals surface area (Å²) >= 11 is 3.78. The molecule has 1 aromatic carbocycles. The minimum Gasteiger partial charge on any atom is -0.461 e. The molecule has 1 aliphatic rings. The molecule has 1 amide bonds. The van der Waals surface area contributed by atoms with Crippen molar-refractivity contribution in [2.45, 2.75) is 17.4 Å². The summed E-state index contributed by atoms with van der Waals surface area (Å²) in [4.78, 5) is 49.0. The van der Waals surface area contributed by atoms with Crippen molar-refractivity contribution in [2.24, 2.45) is 11.8 Å². The topological polar surface area (TPSA) is 145 Å².